The minimum absolute atomic E-state index is 0.589. The second-order valence-electron chi connectivity index (χ2n) is 3.59. The number of hydrogen-bond donors (Lipinski definition) is 2. The Labute approximate surface area is 103 Å². The van der Waals surface area contributed by atoms with Crippen LogP contribution < -0.4 is 5.73 Å². The molecule has 0 aliphatic carbocycles. The Kier molecular flexibility index (Phi) is 3.27. The smallest absolute Gasteiger partial charge is 0.106 e. The van der Waals surface area contributed by atoms with Crippen LogP contribution in [0.15, 0.2) is 53.0 Å². The van der Waals surface area contributed by atoms with Crippen molar-refractivity contribution in [2.75, 3.05) is 5.73 Å². The Hall–Kier alpha value is -1.32. The Morgan fingerprint density at radius 3 is 2.38 bits per heavy atom. The lowest BCUT2D eigenvalue weighted by Gasteiger charge is -2.13. The van der Waals surface area contributed by atoms with Crippen molar-refractivity contribution in [3.8, 4) is 0 Å². The van der Waals surface area contributed by atoms with E-state index in [1.165, 1.54) is 0 Å². The fourth-order valence-electron chi connectivity index (χ4n) is 1.61. The van der Waals surface area contributed by atoms with Crippen molar-refractivity contribution in [1.29, 1.82) is 0 Å². The summed E-state index contributed by atoms with van der Waals surface area (Å²) in [6.07, 6.45) is -0.672. The fraction of sp³-hybridized carbons (Fsp3) is 0.0769. The molecule has 2 aromatic carbocycles. The molecule has 0 aromatic heterocycles. The number of nitrogen functional groups attached to an aromatic ring is 1. The average Bonchev–Trinajstić information content (AvgIpc) is 2.29. The van der Waals surface area contributed by atoms with E-state index in [-0.39, 0.29) is 0 Å². The molecule has 0 fully saturated rings. The van der Waals surface area contributed by atoms with Crippen LogP contribution in [0.5, 0.6) is 0 Å². The number of hydrogen-bond acceptors (Lipinski definition) is 2. The first-order chi connectivity index (χ1) is 7.68. The van der Waals surface area contributed by atoms with Crippen LogP contribution in [0.1, 0.15) is 17.2 Å². The van der Waals surface area contributed by atoms with E-state index in [1.54, 1.807) is 6.07 Å². The largest absolute Gasteiger partial charge is 0.398 e. The lowest BCUT2D eigenvalue weighted by atomic mass is 10.0. The molecule has 1 unspecified atom stereocenters. The maximum Gasteiger partial charge on any atom is 0.106 e. The zero-order valence-electron chi connectivity index (χ0n) is 8.60. The van der Waals surface area contributed by atoms with Crippen LogP contribution in [-0.4, -0.2) is 5.11 Å². The molecule has 2 aromatic rings. The molecule has 3 heteroatoms. The first-order valence-corrected chi connectivity index (χ1v) is 5.75. The first-order valence-electron chi connectivity index (χ1n) is 4.96. The number of aliphatic hydroxyl groups excluding tert-OH is 1. The molecule has 16 heavy (non-hydrogen) atoms. The lowest BCUT2D eigenvalue weighted by Crippen LogP contribution is -2.03. The third-order valence-corrected chi connectivity index (χ3v) is 2.95. The molecule has 0 heterocycles. The van der Waals surface area contributed by atoms with Crippen LogP contribution in [0.4, 0.5) is 5.69 Å². The number of aliphatic hydroxyl groups is 1. The molecule has 0 saturated carbocycles. The maximum atomic E-state index is 10.2. The highest BCUT2D eigenvalue weighted by atomic mass is 79.9. The number of anilines is 1. The predicted molar refractivity (Wildman–Crippen MR) is 69.1 cm³/mol. The summed E-state index contributed by atoms with van der Waals surface area (Å²) in [7, 11) is 0. The SMILES string of the molecule is Nc1cc(Br)ccc1C(O)c1ccccc1. The van der Waals surface area contributed by atoms with Crippen molar-refractivity contribution in [3.63, 3.8) is 0 Å². The fourth-order valence-corrected chi connectivity index (χ4v) is 1.99. The Balaban J connectivity index is 2.38. The first kappa shape index (κ1) is 11.2. The zero-order chi connectivity index (χ0) is 11.5. The monoisotopic (exact) mass is 277 g/mol. The summed E-state index contributed by atoms with van der Waals surface area (Å²) in [4.78, 5) is 0. The highest BCUT2D eigenvalue weighted by molar-refractivity contribution is 9.10. The molecule has 0 radical (unpaired) electrons. The van der Waals surface area contributed by atoms with Gasteiger partial charge in [0.25, 0.3) is 0 Å². The van der Waals surface area contributed by atoms with E-state index in [0.717, 1.165) is 15.6 Å². The molecule has 3 N–H and O–H groups in total. The third-order valence-electron chi connectivity index (χ3n) is 2.46. The van der Waals surface area contributed by atoms with E-state index in [0.29, 0.717) is 5.69 Å². The molecule has 82 valence electrons. The van der Waals surface area contributed by atoms with E-state index >= 15 is 0 Å². The Bertz CT molecular complexity index is 485. The van der Waals surface area contributed by atoms with Crippen molar-refractivity contribution in [2.24, 2.45) is 0 Å². The molecule has 0 amide bonds. The second-order valence-corrected chi connectivity index (χ2v) is 4.50. The second kappa shape index (κ2) is 4.68. The van der Waals surface area contributed by atoms with E-state index in [9.17, 15) is 5.11 Å². The lowest BCUT2D eigenvalue weighted by molar-refractivity contribution is 0.221. The standard InChI is InChI=1S/C13H12BrNO/c14-10-6-7-11(12(15)8-10)13(16)9-4-2-1-3-5-9/h1-8,13,16H,15H2. The van der Waals surface area contributed by atoms with E-state index < -0.39 is 6.10 Å². The van der Waals surface area contributed by atoms with E-state index in [2.05, 4.69) is 15.9 Å². The van der Waals surface area contributed by atoms with Gasteiger partial charge < -0.3 is 10.8 Å². The summed E-state index contributed by atoms with van der Waals surface area (Å²) in [6, 6.07) is 15.0. The maximum absolute atomic E-state index is 10.2. The van der Waals surface area contributed by atoms with E-state index in [4.69, 9.17) is 5.73 Å². The summed E-state index contributed by atoms with van der Waals surface area (Å²) in [6.45, 7) is 0. The van der Waals surface area contributed by atoms with Crippen LogP contribution in [-0.2, 0) is 0 Å². The van der Waals surface area contributed by atoms with Crippen molar-refractivity contribution in [2.45, 2.75) is 6.10 Å². The molecule has 0 aliphatic rings. The van der Waals surface area contributed by atoms with Gasteiger partial charge in [0.05, 0.1) is 0 Å². The van der Waals surface area contributed by atoms with Gasteiger partial charge in [0.1, 0.15) is 6.10 Å². The minimum atomic E-state index is -0.672. The Morgan fingerprint density at radius 2 is 1.75 bits per heavy atom. The van der Waals surface area contributed by atoms with Crippen LogP contribution in [0.3, 0.4) is 0 Å². The summed E-state index contributed by atoms with van der Waals surface area (Å²) < 4.78 is 0.911. The molecule has 0 saturated heterocycles. The Morgan fingerprint density at radius 1 is 1.06 bits per heavy atom. The number of nitrogens with two attached hydrogens (primary N) is 1. The predicted octanol–water partition coefficient (Wildman–Crippen LogP) is 3.11. The van der Waals surface area contributed by atoms with Gasteiger partial charge in [-0.3, -0.25) is 0 Å². The molecule has 2 rings (SSSR count). The van der Waals surface area contributed by atoms with Crippen LogP contribution in [0.2, 0.25) is 0 Å². The third kappa shape index (κ3) is 2.26. The van der Waals surface area contributed by atoms with Gasteiger partial charge in [-0.05, 0) is 17.7 Å². The van der Waals surface area contributed by atoms with Crippen molar-refractivity contribution in [3.05, 3.63) is 64.1 Å². The number of rotatable bonds is 2. The summed E-state index contributed by atoms with van der Waals surface area (Å²) in [5.74, 6) is 0. The molecular weight excluding hydrogens is 266 g/mol. The van der Waals surface area contributed by atoms with Crippen molar-refractivity contribution in [1.82, 2.24) is 0 Å². The van der Waals surface area contributed by atoms with Gasteiger partial charge in [0.15, 0.2) is 0 Å². The minimum Gasteiger partial charge on any atom is -0.398 e. The molecule has 1 atom stereocenters. The number of benzene rings is 2. The summed E-state index contributed by atoms with van der Waals surface area (Å²) >= 11 is 3.34. The van der Waals surface area contributed by atoms with Gasteiger partial charge in [0, 0.05) is 15.7 Å². The zero-order valence-corrected chi connectivity index (χ0v) is 10.2. The van der Waals surface area contributed by atoms with E-state index in [1.807, 2.05) is 42.5 Å². The van der Waals surface area contributed by atoms with Gasteiger partial charge in [-0.1, -0.05) is 52.3 Å². The molecular formula is C13H12BrNO. The van der Waals surface area contributed by atoms with Crippen LogP contribution in [0, 0.1) is 0 Å². The van der Waals surface area contributed by atoms with Gasteiger partial charge >= 0.3 is 0 Å². The average molecular weight is 278 g/mol. The van der Waals surface area contributed by atoms with Crippen molar-refractivity contribution >= 4 is 21.6 Å². The van der Waals surface area contributed by atoms with Gasteiger partial charge in [0.2, 0.25) is 0 Å². The van der Waals surface area contributed by atoms with Gasteiger partial charge in [-0.25, -0.2) is 0 Å². The quantitative estimate of drug-likeness (QED) is 0.829. The number of halogens is 1. The molecule has 2 nitrogen and oxygen atoms in total. The van der Waals surface area contributed by atoms with Gasteiger partial charge in [-0.2, -0.15) is 0 Å². The summed E-state index contributed by atoms with van der Waals surface area (Å²) in [5, 5.41) is 10.2. The molecule has 0 spiro atoms. The van der Waals surface area contributed by atoms with Crippen molar-refractivity contribution < 1.29 is 5.11 Å². The highest BCUT2D eigenvalue weighted by Crippen LogP contribution is 2.28. The highest BCUT2D eigenvalue weighted by Gasteiger charge is 2.12. The van der Waals surface area contributed by atoms with Crippen LogP contribution in [0.25, 0.3) is 0 Å². The summed E-state index contributed by atoms with van der Waals surface area (Å²) in [5.41, 5.74) is 8.03. The molecule has 0 aliphatic heterocycles. The normalized spacial score (nSPS) is 12.4. The van der Waals surface area contributed by atoms with Crippen LogP contribution >= 0.6 is 15.9 Å². The van der Waals surface area contributed by atoms with Gasteiger partial charge in [-0.15, -0.1) is 0 Å². The topological polar surface area (TPSA) is 46.2 Å². The molecule has 0 bridgehead atoms.